The van der Waals surface area contributed by atoms with Gasteiger partial charge in [-0.2, -0.15) is 0 Å². The molecule has 0 saturated heterocycles. The van der Waals surface area contributed by atoms with Gasteiger partial charge in [0.05, 0.1) is 10.2 Å². The number of benzene rings is 1. The van der Waals surface area contributed by atoms with Crippen LogP contribution < -0.4 is 10.2 Å². The first kappa shape index (κ1) is 20.0. The topological polar surface area (TPSA) is 62.3 Å². The molecule has 1 aromatic carbocycles. The zero-order valence-corrected chi connectivity index (χ0v) is 18.9. The zero-order chi connectivity index (χ0) is 21.0. The van der Waals surface area contributed by atoms with Gasteiger partial charge in [0.15, 0.2) is 5.13 Å². The lowest BCUT2D eigenvalue weighted by atomic mass is 9.49. The van der Waals surface area contributed by atoms with Gasteiger partial charge < -0.3 is 5.32 Å². The molecule has 4 fully saturated rings. The largest absolute Gasteiger partial charge is 0.344 e. The van der Waals surface area contributed by atoms with Crippen LogP contribution in [-0.2, 0) is 9.59 Å². The average molecular weight is 426 g/mol. The van der Waals surface area contributed by atoms with Crippen LogP contribution in [0.25, 0.3) is 10.2 Å². The number of hydrogen-bond acceptors (Lipinski definition) is 4. The van der Waals surface area contributed by atoms with Gasteiger partial charge in [-0.1, -0.05) is 37.3 Å². The molecule has 4 bridgehead atoms. The number of carbonyl (C=O) groups is 2. The van der Waals surface area contributed by atoms with Crippen LogP contribution in [0.3, 0.4) is 0 Å². The summed E-state index contributed by atoms with van der Waals surface area (Å²) >= 11 is 1.51. The normalized spacial score (nSPS) is 30.6. The Balaban J connectivity index is 1.35. The minimum atomic E-state index is -0.525. The van der Waals surface area contributed by atoms with Crippen LogP contribution in [-0.4, -0.2) is 29.9 Å². The van der Waals surface area contributed by atoms with E-state index in [0.29, 0.717) is 22.9 Å². The van der Waals surface area contributed by atoms with Crippen molar-refractivity contribution in [1.82, 2.24) is 10.3 Å². The molecular formula is C24H31N3O2S. The Morgan fingerprint density at radius 3 is 2.27 bits per heavy atom. The Hall–Kier alpha value is -1.95. The number of thiazole rings is 1. The maximum Gasteiger partial charge on any atom is 0.251 e. The molecule has 1 N–H and O–H groups in total. The molecule has 2 amide bonds. The molecule has 1 unspecified atom stereocenters. The van der Waals surface area contributed by atoms with Crippen LogP contribution in [0.4, 0.5) is 5.13 Å². The Bertz CT molecular complexity index is 913. The molecule has 2 aromatic rings. The third kappa shape index (κ3) is 3.33. The van der Waals surface area contributed by atoms with E-state index in [1.807, 2.05) is 38.1 Å². The van der Waals surface area contributed by atoms with E-state index in [2.05, 4.69) is 10.3 Å². The van der Waals surface area contributed by atoms with Gasteiger partial charge >= 0.3 is 0 Å². The summed E-state index contributed by atoms with van der Waals surface area (Å²) in [4.78, 5) is 33.2. The van der Waals surface area contributed by atoms with E-state index < -0.39 is 6.04 Å². The summed E-state index contributed by atoms with van der Waals surface area (Å²) in [6, 6.07) is 7.39. The summed E-state index contributed by atoms with van der Waals surface area (Å²) in [5.41, 5.74) is 0.659. The van der Waals surface area contributed by atoms with E-state index in [1.165, 1.54) is 30.6 Å². The van der Waals surface area contributed by atoms with Crippen molar-refractivity contribution in [3.8, 4) is 0 Å². The zero-order valence-electron chi connectivity index (χ0n) is 18.1. The number of hydrogen-bond donors (Lipinski definition) is 1. The van der Waals surface area contributed by atoms with E-state index >= 15 is 0 Å². The first-order valence-corrected chi connectivity index (χ1v) is 12.1. The third-order valence-electron chi connectivity index (χ3n) is 7.64. The lowest BCUT2D eigenvalue weighted by Gasteiger charge is -2.55. The smallest absolute Gasteiger partial charge is 0.251 e. The van der Waals surface area contributed by atoms with Crippen molar-refractivity contribution in [2.45, 2.75) is 58.4 Å². The Morgan fingerprint density at radius 1 is 1.10 bits per heavy atom. The molecule has 4 saturated carbocycles. The van der Waals surface area contributed by atoms with Gasteiger partial charge in [-0.3, -0.25) is 14.5 Å². The number of nitrogens with zero attached hydrogens (tertiary/aromatic N) is 2. The maximum atomic E-state index is 13.5. The molecular weight excluding hydrogens is 394 g/mol. The molecule has 1 heterocycles. The Morgan fingerprint density at radius 2 is 1.70 bits per heavy atom. The number of amides is 2. The molecule has 6 heteroatoms. The number of carbonyl (C=O) groups excluding carboxylic acids is 2. The molecule has 0 aliphatic heterocycles. The SMILES string of the molecule is CC(C)C(NC(=O)C12CC3CC(CC(C3)C1)C2)C(=O)N(C)c1nc2ccccc2s1. The minimum absolute atomic E-state index is 0.0205. The fourth-order valence-corrected chi connectivity index (χ4v) is 7.44. The number of fused-ring (bicyclic) bond motifs is 1. The summed E-state index contributed by atoms with van der Waals surface area (Å²) in [5, 5.41) is 3.88. The maximum absolute atomic E-state index is 13.5. The monoisotopic (exact) mass is 425 g/mol. The molecule has 4 aliphatic carbocycles. The van der Waals surface area contributed by atoms with Crippen LogP contribution >= 0.6 is 11.3 Å². The van der Waals surface area contributed by atoms with Gasteiger partial charge in [0, 0.05) is 12.5 Å². The van der Waals surface area contributed by atoms with Gasteiger partial charge in [-0.25, -0.2) is 4.98 Å². The van der Waals surface area contributed by atoms with E-state index in [9.17, 15) is 9.59 Å². The van der Waals surface area contributed by atoms with Crippen LogP contribution in [0, 0.1) is 29.1 Å². The first-order valence-electron chi connectivity index (χ1n) is 11.3. The van der Waals surface area contributed by atoms with Gasteiger partial charge in [-0.15, -0.1) is 0 Å². The van der Waals surface area contributed by atoms with E-state index in [-0.39, 0.29) is 23.1 Å². The van der Waals surface area contributed by atoms with Gasteiger partial charge in [-0.05, 0) is 74.3 Å². The fourth-order valence-electron chi connectivity index (χ4n) is 6.50. The second kappa shape index (κ2) is 7.33. The van der Waals surface area contributed by atoms with Gasteiger partial charge in [0.25, 0.3) is 5.91 Å². The molecule has 1 aromatic heterocycles. The van der Waals surface area contributed by atoms with Crippen molar-refractivity contribution in [3.63, 3.8) is 0 Å². The molecule has 4 aliphatic rings. The molecule has 6 rings (SSSR count). The first-order chi connectivity index (χ1) is 14.3. The number of para-hydroxylation sites is 1. The fraction of sp³-hybridized carbons (Fsp3) is 0.625. The van der Waals surface area contributed by atoms with Crippen molar-refractivity contribution in [1.29, 1.82) is 0 Å². The van der Waals surface area contributed by atoms with E-state index in [1.54, 1.807) is 11.9 Å². The highest BCUT2D eigenvalue weighted by molar-refractivity contribution is 7.22. The number of nitrogens with one attached hydrogen (secondary N) is 1. The number of likely N-dealkylation sites (N-methyl/N-ethyl adjacent to an activating group) is 1. The summed E-state index contributed by atoms with van der Waals surface area (Å²) in [7, 11) is 1.77. The Kier molecular flexibility index (Phi) is 4.88. The minimum Gasteiger partial charge on any atom is -0.344 e. The summed E-state index contributed by atoms with van der Waals surface area (Å²) < 4.78 is 1.06. The van der Waals surface area contributed by atoms with E-state index in [4.69, 9.17) is 0 Å². The standard InChI is InChI=1S/C24H31N3O2S/c1-14(2)20(21(28)27(3)23-25-18-6-4-5-7-19(18)30-23)26-22(29)24-11-15-8-16(12-24)10-17(9-15)13-24/h4-7,14-17,20H,8-13H2,1-3H3,(H,26,29). The molecule has 1 atom stereocenters. The van der Waals surface area contributed by atoms with Crippen molar-refractivity contribution in [3.05, 3.63) is 24.3 Å². The lowest BCUT2D eigenvalue weighted by Crippen LogP contribution is -2.58. The number of anilines is 1. The average Bonchev–Trinajstić information content (AvgIpc) is 3.13. The van der Waals surface area contributed by atoms with Gasteiger partial charge in [0.2, 0.25) is 5.91 Å². The van der Waals surface area contributed by atoms with Crippen LogP contribution in [0.15, 0.2) is 24.3 Å². The molecule has 5 nitrogen and oxygen atoms in total. The highest BCUT2D eigenvalue weighted by atomic mass is 32.1. The third-order valence-corrected chi connectivity index (χ3v) is 8.75. The van der Waals surface area contributed by atoms with Gasteiger partial charge in [0.1, 0.15) is 6.04 Å². The summed E-state index contributed by atoms with van der Waals surface area (Å²) in [5.74, 6) is 2.18. The van der Waals surface area contributed by atoms with Crippen molar-refractivity contribution < 1.29 is 9.59 Å². The lowest BCUT2D eigenvalue weighted by molar-refractivity contribution is -0.148. The number of rotatable bonds is 5. The van der Waals surface area contributed by atoms with Crippen molar-refractivity contribution >= 4 is 38.5 Å². The summed E-state index contributed by atoms with van der Waals surface area (Å²) in [6.07, 6.45) is 6.95. The molecule has 160 valence electrons. The highest BCUT2D eigenvalue weighted by Crippen LogP contribution is 2.60. The van der Waals surface area contributed by atoms with Crippen LogP contribution in [0.5, 0.6) is 0 Å². The van der Waals surface area contributed by atoms with Crippen molar-refractivity contribution in [2.75, 3.05) is 11.9 Å². The predicted molar refractivity (Wildman–Crippen MR) is 120 cm³/mol. The van der Waals surface area contributed by atoms with Crippen LogP contribution in [0.1, 0.15) is 52.4 Å². The quantitative estimate of drug-likeness (QED) is 0.760. The molecule has 0 spiro atoms. The summed E-state index contributed by atoms with van der Waals surface area (Å²) in [6.45, 7) is 4.02. The molecule has 30 heavy (non-hydrogen) atoms. The number of aromatic nitrogens is 1. The highest BCUT2D eigenvalue weighted by Gasteiger charge is 2.55. The van der Waals surface area contributed by atoms with Crippen molar-refractivity contribution in [2.24, 2.45) is 29.1 Å². The molecule has 0 radical (unpaired) electrons. The Labute approximate surface area is 182 Å². The second-order valence-electron chi connectivity index (χ2n) is 10.3. The second-order valence-corrected chi connectivity index (χ2v) is 11.3. The predicted octanol–water partition coefficient (Wildman–Crippen LogP) is 4.62. The van der Waals surface area contributed by atoms with E-state index in [0.717, 1.165) is 29.5 Å². The van der Waals surface area contributed by atoms with Crippen LogP contribution in [0.2, 0.25) is 0 Å².